The SMILES string of the molecule is Cc1nc(NC2COCC2n2nc(-c3ccncc3)ccc2=O)c2cnn(C)c2n1. The summed E-state index contributed by atoms with van der Waals surface area (Å²) < 4.78 is 8.91. The Morgan fingerprint density at radius 2 is 1.97 bits per heavy atom. The lowest BCUT2D eigenvalue weighted by atomic mass is 10.1. The highest BCUT2D eigenvalue weighted by atomic mass is 16.5. The van der Waals surface area contributed by atoms with Crippen molar-refractivity contribution in [3.8, 4) is 11.3 Å². The molecule has 5 heterocycles. The Labute approximate surface area is 171 Å². The number of aromatic nitrogens is 7. The van der Waals surface area contributed by atoms with Gasteiger partial charge in [0.2, 0.25) is 0 Å². The zero-order valence-corrected chi connectivity index (χ0v) is 16.6. The van der Waals surface area contributed by atoms with Gasteiger partial charge in [-0.3, -0.25) is 14.5 Å². The predicted octanol–water partition coefficient (Wildman–Crippen LogP) is 1.34. The number of fused-ring (bicyclic) bond motifs is 1. The van der Waals surface area contributed by atoms with E-state index in [1.165, 1.54) is 10.7 Å². The van der Waals surface area contributed by atoms with Crippen LogP contribution in [0.2, 0.25) is 0 Å². The maximum absolute atomic E-state index is 12.6. The number of rotatable bonds is 4. The zero-order chi connectivity index (χ0) is 20.7. The molecule has 152 valence electrons. The Balaban J connectivity index is 1.50. The fourth-order valence-electron chi connectivity index (χ4n) is 3.68. The van der Waals surface area contributed by atoms with Crippen molar-refractivity contribution in [2.24, 2.45) is 7.05 Å². The maximum Gasteiger partial charge on any atom is 0.267 e. The van der Waals surface area contributed by atoms with Gasteiger partial charge in [-0.15, -0.1) is 0 Å². The molecular weight excluding hydrogens is 384 g/mol. The molecule has 2 atom stereocenters. The van der Waals surface area contributed by atoms with E-state index in [1.54, 1.807) is 29.3 Å². The third-order valence-corrected chi connectivity index (χ3v) is 5.19. The molecule has 1 aliphatic rings. The highest BCUT2D eigenvalue weighted by molar-refractivity contribution is 5.86. The quantitative estimate of drug-likeness (QED) is 0.542. The first kappa shape index (κ1) is 18.4. The van der Waals surface area contributed by atoms with Gasteiger partial charge in [-0.2, -0.15) is 10.2 Å². The normalized spacial score (nSPS) is 18.7. The van der Waals surface area contributed by atoms with Gasteiger partial charge in [0.15, 0.2) is 5.65 Å². The van der Waals surface area contributed by atoms with Crippen LogP contribution in [0.15, 0.2) is 47.7 Å². The molecule has 1 N–H and O–H groups in total. The molecule has 0 saturated carbocycles. The topological polar surface area (TPSA) is 113 Å². The van der Waals surface area contributed by atoms with Crippen LogP contribution in [0.3, 0.4) is 0 Å². The number of hydrogen-bond acceptors (Lipinski definition) is 8. The second-order valence-corrected chi connectivity index (χ2v) is 7.22. The molecule has 0 aliphatic carbocycles. The first-order valence-electron chi connectivity index (χ1n) is 9.61. The number of ether oxygens (including phenoxy) is 1. The van der Waals surface area contributed by atoms with Crippen LogP contribution < -0.4 is 10.9 Å². The second-order valence-electron chi connectivity index (χ2n) is 7.22. The van der Waals surface area contributed by atoms with E-state index in [9.17, 15) is 4.79 Å². The number of aryl methyl sites for hydroxylation is 2. The Morgan fingerprint density at radius 1 is 1.13 bits per heavy atom. The zero-order valence-electron chi connectivity index (χ0n) is 16.6. The molecule has 0 spiro atoms. The van der Waals surface area contributed by atoms with Gasteiger partial charge in [-0.05, 0) is 25.1 Å². The van der Waals surface area contributed by atoms with Gasteiger partial charge in [0.1, 0.15) is 17.7 Å². The molecule has 0 aromatic carbocycles. The molecule has 10 heteroatoms. The summed E-state index contributed by atoms with van der Waals surface area (Å²) in [6.07, 6.45) is 5.13. The minimum absolute atomic E-state index is 0.180. The summed E-state index contributed by atoms with van der Waals surface area (Å²) >= 11 is 0. The van der Waals surface area contributed by atoms with Crippen LogP contribution in [0.1, 0.15) is 11.9 Å². The van der Waals surface area contributed by atoms with Crippen molar-refractivity contribution >= 4 is 16.9 Å². The van der Waals surface area contributed by atoms with Crippen LogP contribution >= 0.6 is 0 Å². The Bertz CT molecular complexity index is 1270. The van der Waals surface area contributed by atoms with Gasteiger partial charge in [-0.1, -0.05) is 0 Å². The smallest absolute Gasteiger partial charge is 0.267 e. The van der Waals surface area contributed by atoms with Crippen molar-refractivity contribution in [3.05, 3.63) is 59.0 Å². The number of anilines is 1. The average molecular weight is 404 g/mol. The second kappa shape index (κ2) is 7.30. The van der Waals surface area contributed by atoms with Crippen molar-refractivity contribution in [3.63, 3.8) is 0 Å². The van der Waals surface area contributed by atoms with Crippen LogP contribution in [0.4, 0.5) is 5.82 Å². The molecule has 1 aliphatic heterocycles. The van der Waals surface area contributed by atoms with Gasteiger partial charge in [-0.25, -0.2) is 14.6 Å². The van der Waals surface area contributed by atoms with Gasteiger partial charge in [0, 0.05) is 31.1 Å². The molecule has 2 unspecified atom stereocenters. The number of pyridine rings is 1. The summed E-state index contributed by atoms with van der Waals surface area (Å²) in [5.41, 5.74) is 2.16. The van der Waals surface area contributed by atoms with Crippen LogP contribution in [-0.4, -0.2) is 53.8 Å². The van der Waals surface area contributed by atoms with E-state index >= 15 is 0 Å². The van der Waals surface area contributed by atoms with Crippen LogP contribution in [-0.2, 0) is 11.8 Å². The number of hydrogen-bond donors (Lipinski definition) is 1. The van der Waals surface area contributed by atoms with Crippen molar-refractivity contribution in [2.45, 2.75) is 19.0 Å². The summed E-state index contributed by atoms with van der Waals surface area (Å²) in [6, 6.07) is 6.52. The largest absolute Gasteiger partial charge is 0.377 e. The maximum atomic E-state index is 12.6. The third kappa shape index (κ3) is 3.20. The minimum Gasteiger partial charge on any atom is -0.377 e. The molecule has 1 fully saturated rings. The number of nitrogens with zero attached hydrogens (tertiary/aromatic N) is 7. The van der Waals surface area contributed by atoms with E-state index in [0.29, 0.717) is 30.5 Å². The molecule has 0 amide bonds. The van der Waals surface area contributed by atoms with Crippen LogP contribution in [0, 0.1) is 6.92 Å². The summed E-state index contributed by atoms with van der Waals surface area (Å²) in [5, 5.41) is 13.1. The standard InChI is InChI=1S/C20H20N8O2/c1-12-23-19(14-9-22-27(2)20(14)24-12)25-16-10-30-11-17(16)28-18(29)4-3-15(26-28)13-5-7-21-8-6-13/h3-9,16-17H,10-11H2,1-2H3,(H,23,24,25). The summed E-state index contributed by atoms with van der Waals surface area (Å²) in [4.78, 5) is 25.7. The molecule has 4 aromatic rings. The third-order valence-electron chi connectivity index (χ3n) is 5.19. The Morgan fingerprint density at radius 3 is 2.80 bits per heavy atom. The lowest BCUT2D eigenvalue weighted by Crippen LogP contribution is -2.37. The predicted molar refractivity (Wildman–Crippen MR) is 110 cm³/mol. The molecule has 5 rings (SSSR count). The van der Waals surface area contributed by atoms with E-state index in [2.05, 4.69) is 30.5 Å². The van der Waals surface area contributed by atoms with E-state index in [0.717, 1.165) is 16.6 Å². The van der Waals surface area contributed by atoms with Crippen molar-refractivity contribution in [1.82, 2.24) is 34.5 Å². The summed E-state index contributed by atoms with van der Waals surface area (Å²) in [5.74, 6) is 1.31. The van der Waals surface area contributed by atoms with Crippen molar-refractivity contribution in [1.29, 1.82) is 0 Å². The van der Waals surface area contributed by atoms with Gasteiger partial charge < -0.3 is 10.1 Å². The lowest BCUT2D eigenvalue weighted by Gasteiger charge is -2.21. The number of nitrogens with one attached hydrogen (secondary N) is 1. The van der Waals surface area contributed by atoms with Crippen molar-refractivity contribution < 1.29 is 4.74 Å². The minimum atomic E-state index is -0.277. The lowest BCUT2D eigenvalue weighted by molar-refractivity contribution is 0.183. The van der Waals surface area contributed by atoms with Gasteiger partial charge in [0.05, 0.1) is 36.5 Å². The molecule has 4 aromatic heterocycles. The molecule has 1 saturated heterocycles. The molecule has 30 heavy (non-hydrogen) atoms. The van der Waals surface area contributed by atoms with Gasteiger partial charge in [0.25, 0.3) is 5.56 Å². The summed E-state index contributed by atoms with van der Waals surface area (Å²) in [7, 11) is 1.84. The first-order valence-corrected chi connectivity index (χ1v) is 9.61. The Kier molecular flexibility index (Phi) is 4.47. The average Bonchev–Trinajstić information content (AvgIpc) is 3.36. The fourth-order valence-corrected chi connectivity index (χ4v) is 3.68. The summed E-state index contributed by atoms with van der Waals surface area (Å²) in [6.45, 7) is 2.65. The van der Waals surface area contributed by atoms with E-state index in [4.69, 9.17) is 4.74 Å². The van der Waals surface area contributed by atoms with E-state index in [1.807, 2.05) is 26.1 Å². The van der Waals surface area contributed by atoms with E-state index in [-0.39, 0.29) is 17.6 Å². The first-order chi connectivity index (χ1) is 14.6. The molecule has 0 radical (unpaired) electrons. The van der Waals surface area contributed by atoms with Crippen LogP contribution in [0.25, 0.3) is 22.3 Å². The van der Waals surface area contributed by atoms with Crippen LogP contribution in [0.5, 0.6) is 0 Å². The Hall–Kier alpha value is -3.66. The molecule has 0 bridgehead atoms. The van der Waals surface area contributed by atoms with Crippen molar-refractivity contribution in [2.75, 3.05) is 18.5 Å². The highest BCUT2D eigenvalue weighted by Gasteiger charge is 2.32. The van der Waals surface area contributed by atoms with Gasteiger partial charge >= 0.3 is 0 Å². The fraction of sp³-hybridized carbons (Fsp3) is 0.300. The molecule has 10 nitrogen and oxygen atoms in total. The molecular formula is C20H20N8O2. The monoisotopic (exact) mass is 404 g/mol. The highest BCUT2D eigenvalue weighted by Crippen LogP contribution is 2.26. The van der Waals surface area contributed by atoms with E-state index < -0.39 is 0 Å².